The van der Waals surface area contributed by atoms with Crippen molar-refractivity contribution in [2.75, 3.05) is 20.1 Å². The van der Waals surface area contributed by atoms with Crippen LogP contribution in [0.1, 0.15) is 12.8 Å². The molecule has 1 amide bonds. The van der Waals surface area contributed by atoms with Gasteiger partial charge in [0.15, 0.2) is 0 Å². The number of hydrogen-bond acceptors (Lipinski definition) is 2. The predicted octanol–water partition coefficient (Wildman–Crippen LogP) is 0.664. The van der Waals surface area contributed by atoms with Gasteiger partial charge in [0.1, 0.15) is 6.54 Å². The maximum absolute atomic E-state index is 11.6. The molecule has 0 heterocycles. The van der Waals surface area contributed by atoms with Gasteiger partial charge in [0.05, 0.1) is 0 Å². The van der Waals surface area contributed by atoms with Crippen LogP contribution < -0.4 is 10.6 Å². The summed E-state index contributed by atoms with van der Waals surface area (Å²) in [5, 5.41) is 4.58. The Morgan fingerprint density at radius 1 is 1.38 bits per heavy atom. The van der Waals surface area contributed by atoms with Gasteiger partial charge in [-0.2, -0.15) is 13.2 Å². The lowest BCUT2D eigenvalue weighted by atomic mass is 10.3. The number of hydrogen-bond donors (Lipinski definition) is 2. The second kappa shape index (κ2) is 5.80. The molecule has 0 fully saturated rings. The first-order chi connectivity index (χ1) is 5.95. The molecule has 0 unspecified atom stereocenters. The molecule has 0 rings (SSSR count). The maximum atomic E-state index is 11.6. The molecular weight excluding hydrogens is 185 g/mol. The highest BCUT2D eigenvalue weighted by molar-refractivity contribution is 5.75. The number of amides is 1. The van der Waals surface area contributed by atoms with Crippen LogP contribution in [0.2, 0.25) is 0 Å². The summed E-state index contributed by atoms with van der Waals surface area (Å²) >= 11 is 0. The van der Waals surface area contributed by atoms with Crippen molar-refractivity contribution in [3.05, 3.63) is 0 Å². The van der Waals surface area contributed by atoms with E-state index in [0.717, 1.165) is 0 Å². The minimum Gasteiger partial charge on any atom is -0.347 e. The second-order valence-corrected chi connectivity index (χ2v) is 2.60. The molecule has 0 saturated heterocycles. The van der Waals surface area contributed by atoms with Crippen LogP contribution in [0.5, 0.6) is 0 Å². The molecule has 0 bridgehead atoms. The standard InChI is InChI=1S/C7H13F3N2O/c1-11-4-2-3-6(13)12-5-7(8,9)10/h11H,2-5H2,1H3,(H,12,13). The Labute approximate surface area is 74.7 Å². The Balaban J connectivity index is 3.41. The smallest absolute Gasteiger partial charge is 0.347 e. The molecular formula is C7H13F3N2O. The second-order valence-electron chi connectivity index (χ2n) is 2.60. The Morgan fingerprint density at radius 3 is 2.46 bits per heavy atom. The lowest BCUT2D eigenvalue weighted by molar-refractivity contribution is -0.138. The van der Waals surface area contributed by atoms with Gasteiger partial charge in [0.25, 0.3) is 0 Å². The fourth-order valence-corrected chi connectivity index (χ4v) is 0.713. The quantitative estimate of drug-likeness (QED) is 0.637. The number of carbonyl (C=O) groups excluding carboxylic acids is 1. The van der Waals surface area contributed by atoms with Crippen molar-refractivity contribution in [2.24, 2.45) is 0 Å². The SMILES string of the molecule is CNCCCC(=O)NCC(F)(F)F. The van der Waals surface area contributed by atoms with Crippen molar-refractivity contribution in [2.45, 2.75) is 19.0 Å². The normalized spacial score (nSPS) is 11.4. The third kappa shape index (κ3) is 9.13. The van der Waals surface area contributed by atoms with E-state index < -0.39 is 18.6 Å². The average molecular weight is 198 g/mol. The molecule has 0 spiro atoms. The van der Waals surface area contributed by atoms with E-state index in [-0.39, 0.29) is 6.42 Å². The number of halogens is 3. The van der Waals surface area contributed by atoms with Crippen LogP contribution in [-0.4, -0.2) is 32.2 Å². The molecule has 3 nitrogen and oxygen atoms in total. The highest BCUT2D eigenvalue weighted by Crippen LogP contribution is 2.12. The molecule has 0 saturated carbocycles. The summed E-state index contributed by atoms with van der Waals surface area (Å²) in [5.41, 5.74) is 0. The van der Waals surface area contributed by atoms with Crippen LogP contribution in [0.4, 0.5) is 13.2 Å². The van der Waals surface area contributed by atoms with Crippen molar-refractivity contribution in [3.8, 4) is 0 Å². The molecule has 0 atom stereocenters. The first-order valence-electron chi connectivity index (χ1n) is 3.94. The zero-order valence-electron chi connectivity index (χ0n) is 7.37. The van der Waals surface area contributed by atoms with E-state index in [4.69, 9.17) is 0 Å². The monoisotopic (exact) mass is 198 g/mol. The number of carbonyl (C=O) groups is 1. The van der Waals surface area contributed by atoms with Crippen LogP contribution >= 0.6 is 0 Å². The molecule has 2 N–H and O–H groups in total. The Hall–Kier alpha value is -0.780. The van der Waals surface area contributed by atoms with Crippen molar-refractivity contribution in [1.29, 1.82) is 0 Å². The van der Waals surface area contributed by atoms with Gasteiger partial charge >= 0.3 is 6.18 Å². The van der Waals surface area contributed by atoms with E-state index in [9.17, 15) is 18.0 Å². The fourth-order valence-electron chi connectivity index (χ4n) is 0.713. The van der Waals surface area contributed by atoms with Gasteiger partial charge in [-0.15, -0.1) is 0 Å². The fraction of sp³-hybridized carbons (Fsp3) is 0.857. The summed E-state index contributed by atoms with van der Waals surface area (Å²) in [4.78, 5) is 10.7. The molecule has 13 heavy (non-hydrogen) atoms. The number of alkyl halides is 3. The van der Waals surface area contributed by atoms with Crippen LogP contribution in [0.3, 0.4) is 0 Å². The Morgan fingerprint density at radius 2 is 2.00 bits per heavy atom. The minimum atomic E-state index is -4.32. The number of rotatable bonds is 5. The van der Waals surface area contributed by atoms with Crippen molar-refractivity contribution in [1.82, 2.24) is 10.6 Å². The summed E-state index contributed by atoms with van der Waals surface area (Å²) in [6.07, 6.45) is -3.66. The van der Waals surface area contributed by atoms with Crippen molar-refractivity contribution in [3.63, 3.8) is 0 Å². The van der Waals surface area contributed by atoms with Gasteiger partial charge in [-0.1, -0.05) is 0 Å². The largest absolute Gasteiger partial charge is 0.405 e. The number of nitrogens with one attached hydrogen (secondary N) is 2. The van der Waals surface area contributed by atoms with Crippen LogP contribution in [0.15, 0.2) is 0 Å². The van der Waals surface area contributed by atoms with Gasteiger partial charge in [-0.05, 0) is 20.0 Å². The van der Waals surface area contributed by atoms with Crippen molar-refractivity contribution < 1.29 is 18.0 Å². The van der Waals surface area contributed by atoms with Gasteiger partial charge in [0, 0.05) is 6.42 Å². The van der Waals surface area contributed by atoms with Gasteiger partial charge < -0.3 is 10.6 Å². The van der Waals surface area contributed by atoms with E-state index in [1.807, 2.05) is 0 Å². The molecule has 0 aliphatic carbocycles. The molecule has 0 aromatic rings. The molecule has 0 aliphatic heterocycles. The van der Waals surface area contributed by atoms with Crippen LogP contribution in [0, 0.1) is 0 Å². The predicted molar refractivity (Wildman–Crippen MR) is 42.2 cm³/mol. The molecule has 0 aliphatic rings. The average Bonchev–Trinajstić information content (AvgIpc) is 2.00. The van der Waals surface area contributed by atoms with E-state index in [0.29, 0.717) is 13.0 Å². The molecule has 0 aromatic heterocycles. The minimum absolute atomic E-state index is 0.122. The van der Waals surface area contributed by atoms with Crippen LogP contribution in [-0.2, 0) is 4.79 Å². The molecule has 78 valence electrons. The Bertz CT molecular complexity index is 158. The van der Waals surface area contributed by atoms with Crippen LogP contribution in [0.25, 0.3) is 0 Å². The third-order valence-electron chi connectivity index (χ3n) is 1.32. The van der Waals surface area contributed by atoms with E-state index >= 15 is 0 Å². The van der Waals surface area contributed by atoms with Gasteiger partial charge in [0.2, 0.25) is 5.91 Å². The molecule has 6 heteroatoms. The molecule has 0 aromatic carbocycles. The summed E-state index contributed by atoms with van der Waals surface area (Å²) in [7, 11) is 1.72. The zero-order valence-corrected chi connectivity index (χ0v) is 7.37. The molecule has 0 radical (unpaired) electrons. The first-order valence-corrected chi connectivity index (χ1v) is 3.94. The third-order valence-corrected chi connectivity index (χ3v) is 1.32. The maximum Gasteiger partial charge on any atom is 0.405 e. The van der Waals surface area contributed by atoms with Gasteiger partial charge in [-0.3, -0.25) is 4.79 Å². The highest BCUT2D eigenvalue weighted by atomic mass is 19.4. The summed E-state index contributed by atoms with van der Waals surface area (Å²) in [6.45, 7) is -0.620. The van der Waals surface area contributed by atoms with Gasteiger partial charge in [-0.25, -0.2) is 0 Å². The summed E-state index contributed by atoms with van der Waals surface area (Å²) in [6, 6.07) is 0. The lowest BCUT2D eigenvalue weighted by Crippen LogP contribution is -2.33. The summed E-state index contributed by atoms with van der Waals surface area (Å²) in [5.74, 6) is -0.562. The topological polar surface area (TPSA) is 41.1 Å². The van der Waals surface area contributed by atoms with E-state index in [1.54, 1.807) is 12.4 Å². The first kappa shape index (κ1) is 12.2. The lowest BCUT2D eigenvalue weighted by Gasteiger charge is -2.07. The zero-order chi connectivity index (χ0) is 10.3. The summed E-state index contributed by atoms with van der Waals surface area (Å²) < 4.78 is 34.7. The van der Waals surface area contributed by atoms with Crippen molar-refractivity contribution >= 4 is 5.91 Å². The van der Waals surface area contributed by atoms with E-state index in [2.05, 4.69) is 5.32 Å². The Kier molecular flexibility index (Phi) is 5.45. The highest BCUT2D eigenvalue weighted by Gasteiger charge is 2.27. The van der Waals surface area contributed by atoms with E-state index in [1.165, 1.54) is 0 Å².